The second kappa shape index (κ2) is 6.77. The number of halogens is 2. The predicted octanol–water partition coefficient (Wildman–Crippen LogP) is 4.43. The van der Waals surface area contributed by atoms with Crippen molar-refractivity contribution in [3.63, 3.8) is 0 Å². The first-order valence-electron chi connectivity index (χ1n) is 5.98. The van der Waals surface area contributed by atoms with Crippen molar-refractivity contribution >= 4 is 39.1 Å². The third-order valence-corrected chi connectivity index (χ3v) is 3.18. The maximum absolute atomic E-state index is 11.8. The molecule has 20 heavy (non-hydrogen) atoms. The summed E-state index contributed by atoms with van der Waals surface area (Å²) in [5.41, 5.74) is 1.79. The zero-order valence-electron chi connectivity index (χ0n) is 10.8. The van der Waals surface area contributed by atoms with Crippen molar-refractivity contribution in [3.8, 4) is 5.75 Å². The van der Waals surface area contributed by atoms with Crippen LogP contribution in [0.2, 0.25) is 5.02 Å². The SMILES string of the molecule is Cc1cc(Br)cc(NC(=O)COc2cccc(Cl)c2)c1. The van der Waals surface area contributed by atoms with Gasteiger partial charge in [-0.25, -0.2) is 0 Å². The van der Waals surface area contributed by atoms with Gasteiger partial charge in [-0.3, -0.25) is 4.79 Å². The van der Waals surface area contributed by atoms with Gasteiger partial charge >= 0.3 is 0 Å². The van der Waals surface area contributed by atoms with E-state index in [9.17, 15) is 4.79 Å². The number of carbonyl (C=O) groups is 1. The predicted molar refractivity (Wildman–Crippen MR) is 84.5 cm³/mol. The molecule has 2 aromatic rings. The van der Waals surface area contributed by atoms with Crippen LogP contribution in [-0.2, 0) is 4.79 Å². The smallest absolute Gasteiger partial charge is 0.262 e. The molecule has 0 heterocycles. The molecule has 0 aliphatic rings. The molecule has 0 fully saturated rings. The third-order valence-electron chi connectivity index (χ3n) is 2.49. The molecular weight excluding hydrogens is 342 g/mol. The Bertz CT molecular complexity index is 611. The van der Waals surface area contributed by atoms with Crippen LogP contribution in [0.4, 0.5) is 5.69 Å². The average molecular weight is 355 g/mol. The number of benzene rings is 2. The number of carbonyl (C=O) groups excluding carboxylic acids is 1. The Hall–Kier alpha value is -1.52. The first-order chi connectivity index (χ1) is 9.52. The first-order valence-corrected chi connectivity index (χ1v) is 7.15. The fraction of sp³-hybridized carbons (Fsp3) is 0.133. The summed E-state index contributed by atoms with van der Waals surface area (Å²) < 4.78 is 6.29. The van der Waals surface area contributed by atoms with Crippen LogP contribution >= 0.6 is 27.5 Å². The van der Waals surface area contributed by atoms with Crippen LogP contribution < -0.4 is 10.1 Å². The highest BCUT2D eigenvalue weighted by atomic mass is 79.9. The van der Waals surface area contributed by atoms with Gasteiger partial charge in [0.05, 0.1) is 0 Å². The summed E-state index contributed by atoms with van der Waals surface area (Å²) >= 11 is 9.23. The van der Waals surface area contributed by atoms with Crippen molar-refractivity contribution in [2.75, 3.05) is 11.9 Å². The minimum Gasteiger partial charge on any atom is -0.484 e. The minimum atomic E-state index is -0.220. The second-order valence-corrected chi connectivity index (χ2v) is 5.66. The molecule has 0 aromatic heterocycles. The fourth-order valence-electron chi connectivity index (χ4n) is 1.71. The van der Waals surface area contributed by atoms with Gasteiger partial charge in [0.2, 0.25) is 0 Å². The highest BCUT2D eigenvalue weighted by Gasteiger charge is 2.05. The largest absolute Gasteiger partial charge is 0.484 e. The van der Waals surface area contributed by atoms with E-state index in [1.807, 2.05) is 25.1 Å². The van der Waals surface area contributed by atoms with Crippen LogP contribution in [0.15, 0.2) is 46.9 Å². The number of nitrogens with one attached hydrogen (secondary N) is 1. The number of anilines is 1. The molecule has 2 aromatic carbocycles. The van der Waals surface area contributed by atoms with Crippen LogP contribution in [0.25, 0.3) is 0 Å². The number of hydrogen-bond acceptors (Lipinski definition) is 2. The van der Waals surface area contributed by atoms with E-state index in [2.05, 4.69) is 21.2 Å². The third kappa shape index (κ3) is 4.54. The highest BCUT2D eigenvalue weighted by Crippen LogP contribution is 2.19. The van der Waals surface area contributed by atoms with E-state index >= 15 is 0 Å². The van der Waals surface area contributed by atoms with Crippen LogP contribution in [0.5, 0.6) is 5.75 Å². The number of aryl methyl sites for hydroxylation is 1. The zero-order chi connectivity index (χ0) is 14.5. The van der Waals surface area contributed by atoms with Crippen molar-refractivity contribution < 1.29 is 9.53 Å². The van der Waals surface area contributed by atoms with E-state index in [4.69, 9.17) is 16.3 Å². The molecule has 1 amide bonds. The lowest BCUT2D eigenvalue weighted by Crippen LogP contribution is -2.20. The molecular formula is C15H13BrClNO2. The summed E-state index contributed by atoms with van der Waals surface area (Å²) in [6.45, 7) is 1.90. The van der Waals surface area contributed by atoms with Crippen molar-refractivity contribution in [2.24, 2.45) is 0 Å². The maximum Gasteiger partial charge on any atom is 0.262 e. The minimum absolute atomic E-state index is 0.0636. The molecule has 0 aliphatic carbocycles. The van der Waals surface area contributed by atoms with Gasteiger partial charge in [-0.15, -0.1) is 0 Å². The van der Waals surface area contributed by atoms with Crippen molar-refractivity contribution in [1.82, 2.24) is 0 Å². The molecule has 3 nitrogen and oxygen atoms in total. The molecule has 0 saturated carbocycles. The summed E-state index contributed by atoms with van der Waals surface area (Å²) in [6, 6.07) is 12.6. The molecule has 0 spiro atoms. The Morgan fingerprint density at radius 1 is 1.30 bits per heavy atom. The molecule has 1 N–H and O–H groups in total. The monoisotopic (exact) mass is 353 g/mol. The Morgan fingerprint density at radius 2 is 2.10 bits per heavy atom. The van der Waals surface area contributed by atoms with E-state index in [1.54, 1.807) is 24.3 Å². The standard InChI is InChI=1S/C15H13BrClNO2/c1-10-5-11(16)7-13(6-10)18-15(19)9-20-14-4-2-3-12(17)8-14/h2-8H,9H2,1H3,(H,18,19). The fourth-order valence-corrected chi connectivity index (χ4v) is 2.50. The summed E-state index contributed by atoms with van der Waals surface area (Å²) in [5, 5.41) is 3.36. The van der Waals surface area contributed by atoms with E-state index in [0.29, 0.717) is 10.8 Å². The topological polar surface area (TPSA) is 38.3 Å². The van der Waals surface area contributed by atoms with Crippen LogP contribution in [0, 0.1) is 6.92 Å². The normalized spacial score (nSPS) is 10.2. The summed E-state index contributed by atoms with van der Waals surface area (Å²) in [7, 11) is 0. The van der Waals surface area contributed by atoms with Crippen LogP contribution in [0.3, 0.4) is 0 Å². The molecule has 0 unspecified atom stereocenters. The molecule has 2 rings (SSSR count). The Kier molecular flexibility index (Phi) is 5.04. The summed E-state index contributed by atoms with van der Waals surface area (Å²) in [6.07, 6.45) is 0. The van der Waals surface area contributed by atoms with Crippen molar-refractivity contribution in [3.05, 3.63) is 57.5 Å². The van der Waals surface area contributed by atoms with Gasteiger partial charge in [-0.1, -0.05) is 33.6 Å². The van der Waals surface area contributed by atoms with Gasteiger partial charge in [-0.05, 0) is 48.9 Å². The Labute approximate surface area is 131 Å². The van der Waals surface area contributed by atoms with Gasteiger partial charge in [-0.2, -0.15) is 0 Å². The van der Waals surface area contributed by atoms with E-state index in [1.165, 1.54) is 0 Å². The molecule has 0 radical (unpaired) electrons. The molecule has 0 saturated heterocycles. The van der Waals surface area contributed by atoms with E-state index < -0.39 is 0 Å². The number of ether oxygens (including phenoxy) is 1. The molecule has 0 aliphatic heterocycles. The van der Waals surface area contributed by atoms with Crippen LogP contribution in [-0.4, -0.2) is 12.5 Å². The van der Waals surface area contributed by atoms with E-state index in [0.717, 1.165) is 15.7 Å². The van der Waals surface area contributed by atoms with Gasteiger partial charge < -0.3 is 10.1 Å². The van der Waals surface area contributed by atoms with Gasteiger partial charge in [0.15, 0.2) is 6.61 Å². The van der Waals surface area contributed by atoms with Crippen LogP contribution in [0.1, 0.15) is 5.56 Å². The van der Waals surface area contributed by atoms with E-state index in [-0.39, 0.29) is 12.5 Å². The molecule has 5 heteroatoms. The van der Waals surface area contributed by atoms with Gasteiger partial charge in [0.1, 0.15) is 5.75 Å². The lowest BCUT2D eigenvalue weighted by Gasteiger charge is -2.09. The maximum atomic E-state index is 11.8. The lowest BCUT2D eigenvalue weighted by molar-refractivity contribution is -0.118. The second-order valence-electron chi connectivity index (χ2n) is 4.31. The molecule has 0 atom stereocenters. The highest BCUT2D eigenvalue weighted by molar-refractivity contribution is 9.10. The lowest BCUT2D eigenvalue weighted by atomic mass is 10.2. The van der Waals surface area contributed by atoms with Gasteiger partial charge in [0, 0.05) is 15.2 Å². The number of amides is 1. The summed E-state index contributed by atoms with van der Waals surface area (Å²) in [5.74, 6) is 0.348. The average Bonchev–Trinajstić information content (AvgIpc) is 2.35. The molecule has 0 bridgehead atoms. The molecule has 104 valence electrons. The first kappa shape index (κ1) is 14.9. The van der Waals surface area contributed by atoms with Crippen molar-refractivity contribution in [1.29, 1.82) is 0 Å². The zero-order valence-corrected chi connectivity index (χ0v) is 13.2. The van der Waals surface area contributed by atoms with Gasteiger partial charge in [0.25, 0.3) is 5.91 Å². The summed E-state index contributed by atoms with van der Waals surface area (Å²) in [4.78, 5) is 11.8. The number of rotatable bonds is 4. The number of hydrogen-bond donors (Lipinski definition) is 1. The van der Waals surface area contributed by atoms with Crippen molar-refractivity contribution in [2.45, 2.75) is 6.92 Å². The Morgan fingerprint density at radius 3 is 2.80 bits per heavy atom. The Balaban J connectivity index is 1.92. The quantitative estimate of drug-likeness (QED) is 0.882.